The molecule has 9 heteroatoms. The summed E-state index contributed by atoms with van der Waals surface area (Å²) >= 11 is 4.30. The maximum atomic E-state index is 13.1. The van der Waals surface area contributed by atoms with Gasteiger partial charge in [-0.1, -0.05) is 15.9 Å². The van der Waals surface area contributed by atoms with Crippen LogP contribution < -0.4 is 4.90 Å². The molecule has 0 aliphatic carbocycles. The van der Waals surface area contributed by atoms with Gasteiger partial charge in [-0.05, 0) is 25.8 Å². The van der Waals surface area contributed by atoms with Crippen LogP contribution in [0.4, 0.5) is 18.9 Å². The number of alkyl halides is 4. The molecule has 3 heterocycles. The molecule has 0 atom stereocenters. The van der Waals surface area contributed by atoms with E-state index in [9.17, 15) is 18.0 Å². The van der Waals surface area contributed by atoms with Crippen molar-refractivity contribution in [2.45, 2.75) is 25.9 Å². The van der Waals surface area contributed by atoms with E-state index in [4.69, 9.17) is 0 Å². The topological polar surface area (TPSA) is 46.1 Å². The number of aryl methyl sites for hydroxylation is 1. The fourth-order valence-corrected chi connectivity index (χ4v) is 4.26. The van der Waals surface area contributed by atoms with Crippen molar-refractivity contribution in [2.24, 2.45) is 0 Å². The first kappa shape index (κ1) is 18.3. The number of aromatic nitrogens is 2. The number of ketones is 1. The van der Waals surface area contributed by atoms with Crippen molar-refractivity contribution in [1.82, 2.24) is 9.97 Å². The molecule has 4 nitrogen and oxygen atoms in total. The normalized spacial score (nSPS) is 15.0. The molecule has 2 aromatic rings. The lowest BCUT2D eigenvalue weighted by molar-refractivity contribution is -0.137. The summed E-state index contributed by atoms with van der Waals surface area (Å²) in [6.45, 7) is 3.09. The van der Waals surface area contributed by atoms with E-state index in [1.165, 1.54) is 11.3 Å². The quantitative estimate of drug-likeness (QED) is 0.517. The van der Waals surface area contributed by atoms with E-state index in [0.717, 1.165) is 25.1 Å². The summed E-state index contributed by atoms with van der Waals surface area (Å²) < 4.78 is 39.3. The van der Waals surface area contributed by atoms with Crippen LogP contribution in [0.2, 0.25) is 0 Å². The van der Waals surface area contributed by atoms with Crippen molar-refractivity contribution in [3.63, 3.8) is 0 Å². The van der Waals surface area contributed by atoms with Crippen molar-refractivity contribution in [3.05, 3.63) is 28.4 Å². The lowest BCUT2D eigenvalue weighted by Crippen LogP contribution is -2.20. The van der Waals surface area contributed by atoms with Crippen molar-refractivity contribution >= 4 is 38.7 Å². The van der Waals surface area contributed by atoms with Gasteiger partial charge < -0.3 is 4.90 Å². The monoisotopic (exact) mass is 433 g/mol. The number of hydrogen-bond acceptors (Lipinski definition) is 5. The minimum absolute atomic E-state index is 0.101. The molecule has 0 radical (unpaired) electrons. The van der Waals surface area contributed by atoms with Gasteiger partial charge in [0.2, 0.25) is 0 Å². The number of carbonyl (C=O) groups excluding carboxylic acids is 1. The van der Waals surface area contributed by atoms with E-state index >= 15 is 0 Å². The van der Waals surface area contributed by atoms with E-state index in [2.05, 4.69) is 25.9 Å². The van der Waals surface area contributed by atoms with Gasteiger partial charge in [-0.25, -0.2) is 4.98 Å². The lowest BCUT2D eigenvalue weighted by Gasteiger charge is -2.21. The molecule has 0 spiro atoms. The first-order chi connectivity index (χ1) is 11.8. The molecule has 2 aromatic heterocycles. The highest BCUT2D eigenvalue weighted by atomic mass is 79.9. The molecule has 1 aliphatic rings. The molecule has 25 heavy (non-hydrogen) atoms. The molecule has 0 aromatic carbocycles. The Labute approximate surface area is 155 Å². The number of pyridine rings is 1. The highest BCUT2D eigenvalue weighted by molar-refractivity contribution is 9.09. The van der Waals surface area contributed by atoms with Crippen LogP contribution in [0, 0.1) is 6.92 Å². The minimum atomic E-state index is -4.45. The zero-order chi connectivity index (χ0) is 18.2. The SMILES string of the molecule is Cc1nc(-c2ncc(C(F)(F)F)cc2N2CCCC2)sc1C(=O)CBr. The molecule has 1 saturated heterocycles. The third-order valence-electron chi connectivity index (χ3n) is 4.02. The predicted octanol–water partition coefficient (Wildman–Crippen LogP) is 4.71. The second-order valence-electron chi connectivity index (χ2n) is 5.77. The maximum absolute atomic E-state index is 13.1. The standard InChI is InChI=1S/C16H15BrF3N3OS/c1-9-14(12(24)7-17)25-15(22-9)13-11(23-4-2-3-5-23)6-10(8-21-13)16(18,19)20/h6,8H,2-5,7H2,1H3. The number of carbonyl (C=O) groups is 1. The molecule has 1 aliphatic heterocycles. The summed E-state index contributed by atoms with van der Waals surface area (Å²) in [4.78, 5) is 22.8. The molecular weight excluding hydrogens is 419 g/mol. The first-order valence-electron chi connectivity index (χ1n) is 7.70. The number of nitrogens with zero attached hydrogens (tertiary/aromatic N) is 3. The Bertz CT molecular complexity index is 800. The Morgan fingerprint density at radius 2 is 2.04 bits per heavy atom. The van der Waals surface area contributed by atoms with Crippen molar-refractivity contribution in [3.8, 4) is 10.7 Å². The van der Waals surface area contributed by atoms with Crippen molar-refractivity contribution in [2.75, 3.05) is 23.3 Å². The molecule has 0 N–H and O–H groups in total. The minimum Gasteiger partial charge on any atom is -0.370 e. The van der Waals surface area contributed by atoms with E-state index in [0.29, 0.717) is 40.0 Å². The summed E-state index contributed by atoms with van der Waals surface area (Å²) in [6.07, 6.45) is -1.76. The first-order valence-corrected chi connectivity index (χ1v) is 9.64. The number of thiazole rings is 1. The summed E-state index contributed by atoms with van der Waals surface area (Å²) in [7, 11) is 0. The fourth-order valence-electron chi connectivity index (χ4n) is 2.79. The maximum Gasteiger partial charge on any atom is 0.417 e. The highest BCUT2D eigenvalue weighted by Gasteiger charge is 2.33. The van der Waals surface area contributed by atoms with Crippen molar-refractivity contribution in [1.29, 1.82) is 0 Å². The molecule has 0 saturated carbocycles. The van der Waals surface area contributed by atoms with Crippen LogP contribution in [0.5, 0.6) is 0 Å². The van der Waals surface area contributed by atoms with Gasteiger partial charge in [-0.3, -0.25) is 9.78 Å². The Kier molecular flexibility index (Phi) is 5.15. The van der Waals surface area contributed by atoms with Gasteiger partial charge in [0.05, 0.1) is 27.2 Å². The molecule has 134 valence electrons. The molecule has 3 rings (SSSR count). The van der Waals surface area contributed by atoms with E-state index in [-0.39, 0.29) is 11.1 Å². The van der Waals surface area contributed by atoms with Crippen LogP contribution in [0.15, 0.2) is 12.3 Å². The number of anilines is 1. The zero-order valence-corrected chi connectivity index (χ0v) is 15.8. The highest BCUT2D eigenvalue weighted by Crippen LogP contribution is 2.39. The Morgan fingerprint density at radius 1 is 1.36 bits per heavy atom. The molecule has 0 bridgehead atoms. The van der Waals surface area contributed by atoms with E-state index < -0.39 is 11.7 Å². The van der Waals surface area contributed by atoms with Gasteiger partial charge in [-0.2, -0.15) is 13.2 Å². The largest absolute Gasteiger partial charge is 0.417 e. The fraction of sp³-hybridized carbons (Fsp3) is 0.438. The van der Waals surface area contributed by atoms with Gasteiger partial charge in [0.1, 0.15) is 10.7 Å². The van der Waals surface area contributed by atoms with Gasteiger partial charge in [-0.15, -0.1) is 11.3 Å². The number of hydrogen-bond donors (Lipinski definition) is 0. The smallest absolute Gasteiger partial charge is 0.370 e. The second kappa shape index (κ2) is 7.03. The van der Waals surface area contributed by atoms with Gasteiger partial charge in [0.25, 0.3) is 0 Å². The van der Waals surface area contributed by atoms with Crippen LogP contribution in [-0.2, 0) is 6.18 Å². The summed E-state index contributed by atoms with van der Waals surface area (Å²) in [5, 5.41) is 0.645. The summed E-state index contributed by atoms with van der Waals surface area (Å²) in [5.74, 6) is -0.101. The van der Waals surface area contributed by atoms with Crippen LogP contribution in [0.25, 0.3) is 10.7 Å². The van der Waals surface area contributed by atoms with Crippen LogP contribution in [-0.4, -0.2) is 34.2 Å². The number of halogens is 4. The van der Waals surface area contributed by atoms with E-state index in [1.807, 2.05) is 4.90 Å². The van der Waals surface area contributed by atoms with Crippen molar-refractivity contribution < 1.29 is 18.0 Å². The van der Waals surface area contributed by atoms with Crippen LogP contribution >= 0.6 is 27.3 Å². The summed E-state index contributed by atoms with van der Waals surface area (Å²) in [6, 6.07) is 1.14. The molecule has 1 fully saturated rings. The molecule has 0 unspecified atom stereocenters. The molecule has 0 amide bonds. The van der Waals surface area contributed by atoms with Gasteiger partial charge in [0.15, 0.2) is 5.78 Å². The predicted molar refractivity (Wildman–Crippen MR) is 94.7 cm³/mol. The number of rotatable bonds is 4. The Balaban J connectivity index is 2.10. The second-order valence-corrected chi connectivity index (χ2v) is 7.33. The van der Waals surface area contributed by atoms with Crippen LogP contribution in [0.3, 0.4) is 0 Å². The number of Topliss-reactive ketones (excluding diaryl/α,β-unsaturated/α-hetero) is 1. The Hall–Kier alpha value is -1.48. The van der Waals surface area contributed by atoms with E-state index in [1.54, 1.807) is 6.92 Å². The zero-order valence-electron chi connectivity index (χ0n) is 13.4. The third-order valence-corrected chi connectivity index (χ3v) is 5.73. The van der Waals surface area contributed by atoms with Gasteiger partial charge >= 0.3 is 6.18 Å². The third kappa shape index (κ3) is 3.72. The summed E-state index contributed by atoms with van der Waals surface area (Å²) in [5.41, 5.74) is 0.622. The average Bonchev–Trinajstić information content (AvgIpc) is 3.22. The lowest BCUT2D eigenvalue weighted by atomic mass is 10.2. The Morgan fingerprint density at radius 3 is 2.64 bits per heavy atom. The average molecular weight is 434 g/mol. The van der Waals surface area contributed by atoms with Crippen LogP contribution in [0.1, 0.15) is 33.8 Å². The molecular formula is C16H15BrF3N3OS. The van der Waals surface area contributed by atoms with Gasteiger partial charge in [0, 0.05) is 19.3 Å².